The molecule has 4 heteroatoms. The Labute approximate surface area is 111 Å². The van der Waals surface area contributed by atoms with E-state index in [1.54, 1.807) is 7.05 Å². The van der Waals surface area contributed by atoms with Crippen LogP contribution in [0, 0.1) is 0 Å². The average molecular weight is 253 g/mol. The maximum Gasteiger partial charge on any atom is 0.234 e. The molecule has 4 nitrogen and oxygen atoms in total. The SMILES string of the molecule is C/C=C(\C=C/CC)CC(NC(=O)CNC)C(C)N. The molecule has 18 heavy (non-hydrogen) atoms. The normalized spacial score (nSPS) is 15.7. The molecule has 0 spiro atoms. The van der Waals surface area contributed by atoms with E-state index < -0.39 is 0 Å². The van der Waals surface area contributed by atoms with Crippen molar-refractivity contribution in [3.63, 3.8) is 0 Å². The van der Waals surface area contributed by atoms with Gasteiger partial charge in [0.15, 0.2) is 0 Å². The monoisotopic (exact) mass is 253 g/mol. The number of allylic oxidation sites excluding steroid dienone is 3. The molecule has 2 unspecified atom stereocenters. The van der Waals surface area contributed by atoms with Crippen LogP contribution < -0.4 is 16.4 Å². The highest BCUT2D eigenvalue weighted by molar-refractivity contribution is 5.78. The van der Waals surface area contributed by atoms with Crippen molar-refractivity contribution in [2.75, 3.05) is 13.6 Å². The van der Waals surface area contributed by atoms with Crippen molar-refractivity contribution in [3.8, 4) is 0 Å². The van der Waals surface area contributed by atoms with E-state index >= 15 is 0 Å². The van der Waals surface area contributed by atoms with Crippen molar-refractivity contribution >= 4 is 5.91 Å². The average Bonchev–Trinajstić information content (AvgIpc) is 2.33. The van der Waals surface area contributed by atoms with Gasteiger partial charge in [0.05, 0.1) is 6.54 Å². The third kappa shape index (κ3) is 7.25. The Balaban J connectivity index is 4.51. The summed E-state index contributed by atoms with van der Waals surface area (Å²) < 4.78 is 0. The largest absolute Gasteiger partial charge is 0.350 e. The minimum Gasteiger partial charge on any atom is -0.350 e. The summed E-state index contributed by atoms with van der Waals surface area (Å²) in [5.41, 5.74) is 7.12. The predicted molar refractivity (Wildman–Crippen MR) is 77.3 cm³/mol. The summed E-state index contributed by atoms with van der Waals surface area (Å²) in [6.45, 7) is 6.34. The van der Waals surface area contributed by atoms with Gasteiger partial charge in [-0.05, 0) is 33.7 Å². The maximum atomic E-state index is 11.6. The Bertz CT molecular complexity index is 295. The Morgan fingerprint density at radius 2 is 2.11 bits per heavy atom. The third-order valence-electron chi connectivity index (χ3n) is 2.71. The second-order valence-electron chi connectivity index (χ2n) is 4.44. The molecule has 0 aromatic rings. The van der Waals surface area contributed by atoms with Crippen molar-refractivity contribution in [1.29, 1.82) is 0 Å². The van der Waals surface area contributed by atoms with Crippen LogP contribution in [-0.2, 0) is 4.79 Å². The molecule has 104 valence electrons. The van der Waals surface area contributed by atoms with Gasteiger partial charge in [-0.3, -0.25) is 4.79 Å². The van der Waals surface area contributed by atoms with Crippen LogP contribution in [0.25, 0.3) is 0 Å². The molecule has 0 heterocycles. The molecular weight excluding hydrogens is 226 g/mol. The summed E-state index contributed by atoms with van der Waals surface area (Å²) in [6, 6.07) is -0.102. The van der Waals surface area contributed by atoms with Crippen molar-refractivity contribution in [3.05, 3.63) is 23.8 Å². The van der Waals surface area contributed by atoms with E-state index in [0.29, 0.717) is 6.54 Å². The Kier molecular flexibility index (Phi) is 9.24. The highest BCUT2D eigenvalue weighted by Gasteiger charge is 2.16. The van der Waals surface area contributed by atoms with Crippen LogP contribution in [0.1, 0.15) is 33.6 Å². The van der Waals surface area contributed by atoms with Crippen LogP contribution in [-0.4, -0.2) is 31.6 Å². The zero-order valence-corrected chi connectivity index (χ0v) is 12.0. The molecule has 0 aromatic heterocycles. The molecule has 0 saturated carbocycles. The van der Waals surface area contributed by atoms with Gasteiger partial charge in [-0.25, -0.2) is 0 Å². The van der Waals surface area contributed by atoms with Gasteiger partial charge in [0.25, 0.3) is 0 Å². The van der Waals surface area contributed by atoms with Gasteiger partial charge >= 0.3 is 0 Å². The van der Waals surface area contributed by atoms with E-state index in [1.165, 1.54) is 5.57 Å². The molecule has 0 aromatic carbocycles. The summed E-state index contributed by atoms with van der Waals surface area (Å²) in [7, 11) is 1.75. The summed E-state index contributed by atoms with van der Waals surface area (Å²) >= 11 is 0. The zero-order valence-electron chi connectivity index (χ0n) is 12.0. The van der Waals surface area contributed by atoms with Gasteiger partial charge in [-0.15, -0.1) is 0 Å². The van der Waals surface area contributed by atoms with Gasteiger partial charge in [0.2, 0.25) is 5.91 Å². The van der Waals surface area contributed by atoms with Crippen molar-refractivity contribution in [1.82, 2.24) is 10.6 Å². The molecule has 1 amide bonds. The molecule has 4 N–H and O–H groups in total. The molecule has 0 rings (SSSR count). The van der Waals surface area contributed by atoms with Gasteiger partial charge < -0.3 is 16.4 Å². The number of carbonyl (C=O) groups is 1. The van der Waals surface area contributed by atoms with Gasteiger partial charge in [0.1, 0.15) is 0 Å². The fraction of sp³-hybridized carbons (Fsp3) is 0.643. The highest BCUT2D eigenvalue weighted by atomic mass is 16.1. The van der Waals surface area contributed by atoms with E-state index in [4.69, 9.17) is 5.73 Å². The lowest BCUT2D eigenvalue weighted by Crippen LogP contribution is -2.48. The zero-order chi connectivity index (χ0) is 14.0. The summed E-state index contributed by atoms with van der Waals surface area (Å²) in [5, 5.41) is 5.79. The van der Waals surface area contributed by atoms with Crippen molar-refractivity contribution in [2.45, 2.75) is 45.7 Å². The van der Waals surface area contributed by atoms with Gasteiger partial charge in [-0.1, -0.05) is 30.7 Å². The number of nitrogens with two attached hydrogens (primary N) is 1. The standard InChI is InChI=1S/C14H27N3O/c1-5-7-8-12(6-2)9-13(11(3)15)17-14(18)10-16-4/h6-8,11,13,16H,5,9-10,15H2,1-4H3,(H,17,18)/b8-7-,12-6+. The molecule has 2 atom stereocenters. The molecule has 0 aliphatic carbocycles. The molecule has 0 bridgehead atoms. The van der Waals surface area contributed by atoms with Crippen LogP contribution >= 0.6 is 0 Å². The quantitative estimate of drug-likeness (QED) is 0.572. The smallest absolute Gasteiger partial charge is 0.234 e. The molecule has 0 saturated heterocycles. The van der Waals surface area contributed by atoms with E-state index in [0.717, 1.165) is 12.8 Å². The van der Waals surface area contributed by atoms with Crippen LogP contribution in [0.5, 0.6) is 0 Å². The topological polar surface area (TPSA) is 67.2 Å². The minimum absolute atomic E-state index is 0.0188. The number of hydrogen-bond donors (Lipinski definition) is 3. The number of likely N-dealkylation sites (N-methyl/N-ethyl adjacent to an activating group) is 1. The first kappa shape index (κ1) is 16.9. The van der Waals surface area contributed by atoms with Crippen LogP contribution in [0.2, 0.25) is 0 Å². The lowest BCUT2D eigenvalue weighted by Gasteiger charge is -2.23. The molecule has 0 fully saturated rings. The lowest BCUT2D eigenvalue weighted by molar-refractivity contribution is -0.120. The molecule has 0 radical (unpaired) electrons. The fourth-order valence-electron chi connectivity index (χ4n) is 1.59. The first-order valence-electron chi connectivity index (χ1n) is 6.56. The second-order valence-corrected chi connectivity index (χ2v) is 4.44. The number of nitrogens with one attached hydrogen (secondary N) is 2. The van der Waals surface area contributed by atoms with E-state index in [9.17, 15) is 4.79 Å². The summed E-state index contributed by atoms with van der Waals surface area (Å²) in [4.78, 5) is 11.6. The Morgan fingerprint density at radius 1 is 1.44 bits per heavy atom. The number of rotatable bonds is 8. The highest BCUT2D eigenvalue weighted by Crippen LogP contribution is 2.10. The summed E-state index contributed by atoms with van der Waals surface area (Å²) in [5.74, 6) is -0.0188. The molecule has 0 aliphatic rings. The van der Waals surface area contributed by atoms with Crippen molar-refractivity contribution in [2.24, 2.45) is 5.73 Å². The van der Waals surface area contributed by atoms with Gasteiger partial charge in [0, 0.05) is 12.1 Å². The van der Waals surface area contributed by atoms with Crippen LogP contribution in [0.4, 0.5) is 0 Å². The van der Waals surface area contributed by atoms with E-state index in [2.05, 4.69) is 35.8 Å². The van der Waals surface area contributed by atoms with Gasteiger partial charge in [-0.2, -0.15) is 0 Å². The summed E-state index contributed by atoms with van der Waals surface area (Å²) in [6.07, 6.45) is 8.04. The number of hydrogen-bond acceptors (Lipinski definition) is 3. The van der Waals surface area contributed by atoms with Crippen LogP contribution in [0.15, 0.2) is 23.8 Å². The van der Waals surface area contributed by atoms with Crippen LogP contribution in [0.3, 0.4) is 0 Å². The van der Waals surface area contributed by atoms with E-state index in [1.807, 2.05) is 13.8 Å². The van der Waals surface area contributed by atoms with E-state index in [-0.39, 0.29) is 18.0 Å². The lowest BCUT2D eigenvalue weighted by atomic mass is 10.00. The predicted octanol–water partition coefficient (Wildman–Crippen LogP) is 1.34. The Morgan fingerprint density at radius 3 is 2.56 bits per heavy atom. The second kappa shape index (κ2) is 9.85. The Hall–Kier alpha value is -1.13. The molecule has 0 aliphatic heterocycles. The number of carbonyl (C=O) groups excluding carboxylic acids is 1. The van der Waals surface area contributed by atoms with Crippen molar-refractivity contribution < 1.29 is 4.79 Å². The first-order valence-corrected chi connectivity index (χ1v) is 6.56. The maximum absolute atomic E-state index is 11.6. The minimum atomic E-state index is -0.0733. The first-order chi connectivity index (χ1) is 8.54. The third-order valence-corrected chi connectivity index (χ3v) is 2.71. The molecular formula is C14H27N3O. The fourth-order valence-corrected chi connectivity index (χ4v) is 1.59. The number of amides is 1.